The SMILES string of the molecule is CCC.CCCC.CCCCCOCCC.CCCn1c(C(=O)C(=C(C)C)c2ccccc2C)cc2ccsc21. The minimum Gasteiger partial charge on any atom is -0.381 e. The Hall–Kier alpha value is -2.17. The molecule has 0 saturated carbocycles. The maximum Gasteiger partial charge on any atom is 0.209 e. The molecule has 0 radical (unpaired) electrons. The number of nitrogens with zero attached hydrogens (tertiary/aromatic N) is 1. The number of ketones is 1. The number of fused-ring (bicyclic) bond motifs is 1. The van der Waals surface area contributed by atoms with Gasteiger partial charge in [0.15, 0.2) is 0 Å². The Morgan fingerprint density at radius 2 is 1.48 bits per heavy atom. The third-order valence-electron chi connectivity index (χ3n) is 6.06. The Labute approximate surface area is 251 Å². The molecule has 0 saturated heterocycles. The highest BCUT2D eigenvalue weighted by atomic mass is 32.1. The summed E-state index contributed by atoms with van der Waals surface area (Å²) in [4.78, 5) is 14.6. The normalized spacial score (nSPS) is 10.1. The molecule has 2 heterocycles. The molecule has 3 aromatic rings. The van der Waals surface area contributed by atoms with Crippen molar-refractivity contribution in [1.29, 1.82) is 0 Å². The number of benzene rings is 1. The molecule has 0 fully saturated rings. The number of rotatable bonds is 12. The number of ether oxygens (including phenoxy) is 1. The summed E-state index contributed by atoms with van der Waals surface area (Å²) in [7, 11) is 0. The minimum absolute atomic E-state index is 0.126. The Kier molecular flexibility index (Phi) is 22.3. The summed E-state index contributed by atoms with van der Waals surface area (Å²) in [6.07, 6.45) is 9.87. The van der Waals surface area contributed by atoms with Gasteiger partial charge < -0.3 is 9.30 Å². The first kappa shape index (κ1) is 37.8. The van der Waals surface area contributed by atoms with Crippen molar-refractivity contribution in [2.24, 2.45) is 0 Å². The van der Waals surface area contributed by atoms with Crippen LogP contribution in [-0.4, -0.2) is 23.6 Å². The van der Waals surface area contributed by atoms with Crippen LogP contribution < -0.4 is 0 Å². The Morgan fingerprint density at radius 3 is 2.00 bits per heavy atom. The number of Topliss-reactive ketones (excluding diaryl/α,β-unsaturated/α-hetero) is 1. The van der Waals surface area contributed by atoms with Crippen molar-refractivity contribution in [1.82, 2.24) is 4.57 Å². The lowest BCUT2D eigenvalue weighted by molar-refractivity contribution is 0.104. The summed E-state index contributed by atoms with van der Waals surface area (Å²) >= 11 is 1.71. The second-order valence-electron chi connectivity index (χ2n) is 10.4. The lowest BCUT2D eigenvalue weighted by Gasteiger charge is -2.14. The highest BCUT2D eigenvalue weighted by Crippen LogP contribution is 2.31. The number of thiophene rings is 1. The molecule has 0 aliphatic rings. The summed E-state index contributed by atoms with van der Waals surface area (Å²) in [6.45, 7) is 24.0. The second kappa shape index (κ2) is 23.5. The minimum atomic E-state index is 0.126. The van der Waals surface area contributed by atoms with Gasteiger partial charge in [-0.2, -0.15) is 0 Å². The first-order valence-electron chi connectivity index (χ1n) is 15.7. The average molecular weight is 570 g/mol. The fourth-order valence-electron chi connectivity index (χ4n) is 3.91. The third-order valence-corrected chi connectivity index (χ3v) is 7.02. The zero-order valence-corrected chi connectivity index (χ0v) is 28.3. The smallest absolute Gasteiger partial charge is 0.209 e. The number of unbranched alkanes of at least 4 members (excludes halogenated alkanes) is 3. The molecule has 0 N–H and O–H groups in total. The van der Waals surface area contributed by atoms with Gasteiger partial charge in [0.2, 0.25) is 5.78 Å². The first-order chi connectivity index (χ1) is 19.3. The number of hydrogen-bond acceptors (Lipinski definition) is 3. The largest absolute Gasteiger partial charge is 0.381 e. The standard InChI is InChI=1S/C21H23NOS.C8H18O.C4H10.C3H8/c1-5-11-22-18(13-16-10-12-24-21(16)22)20(23)19(14(2)3)17-9-7-6-8-15(17)4;1-3-5-6-8-9-7-4-2;1-3-4-2;1-3-2/h6-10,12-13H,5,11H2,1-4H3;3-8H2,1-2H3;3-4H2,1-2H3;3H2,1-2H3. The molecule has 3 nitrogen and oxygen atoms in total. The quantitative estimate of drug-likeness (QED) is 0.123. The zero-order chi connectivity index (χ0) is 30.3. The molecule has 0 aliphatic heterocycles. The van der Waals surface area contributed by atoms with E-state index in [1.54, 1.807) is 11.3 Å². The maximum absolute atomic E-state index is 13.4. The number of aromatic nitrogens is 1. The number of aryl methyl sites for hydroxylation is 2. The molecule has 40 heavy (non-hydrogen) atoms. The average Bonchev–Trinajstić information content (AvgIpc) is 3.53. The van der Waals surface area contributed by atoms with Gasteiger partial charge in [-0.1, -0.05) is 110 Å². The van der Waals surface area contributed by atoms with E-state index in [9.17, 15) is 4.79 Å². The molecular weight excluding hydrogens is 510 g/mol. The van der Waals surface area contributed by atoms with Gasteiger partial charge >= 0.3 is 0 Å². The molecule has 0 aliphatic carbocycles. The number of allylic oxidation sites excluding steroid dienone is 2. The van der Waals surface area contributed by atoms with Gasteiger partial charge in [0.05, 0.1) is 5.69 Å². The van der Waals surface area contributed by atoms with Gasteiger partial charge in [-0.15, -0.1) is 11.3 Å². The van der Waals surface area contributed by atoms with E-state index in [4.69, 9.17) is 4.74 Å². The molecular formula is C36H59NO2S. The Morgan fingerprint density at radius 1 is 0.825 bits per heavy atom. The van der Waals surface area contributed by atoms with E-state index >= 15 is 0 Å². The molecule has 0 amide bonds. The van der Waals surface area contributed by atoms with Crippen LogP contribution in [0.1, 0.15) is 135 Å². The highest BCUT2D eigenvalue weighted by Gasteiger charge is 2.22. The van der Waals surface area contributed by atoms with Crippen LogP contribution in [0.4, 0.5) is 0 Å². The molecule has 226 valence electrons. The van der Waals surface area contributed by atoms with Crippen molar-refractivity contribution in [2.75, 3.05) is 13.2 Å². The van der Waals surface area contributed by atoms with Gasteiger partial charge in [0.25, 0.3) is 0 Å². The molecule has 0 unspecified atom stereocenters. The van der Waals surface area contributed by atoms with E-state index in [1.165, 1.54) is 43.4 Å². The Balaban J connectivity index is 0.000000788. The summed E-state index contributed by atoms with van der Waals surface area (Å²) in [6, 6.07) is 12.3. The van der Waals surface area contributed by atoms with Crippen molar-refractivity contribution in [2.45, 2.75) is 127 Å². The van der Waals surface area contributed by atoms with Crippen LogP contribution in [0.5, 0.6) is 0 Å². The van der Waals surface area contributed by atoms with Crippen LogP contribution in [-0.2, 0) is 11.3 Å². The topological polar surface area (TPSA) is 31.2 Å². The van der Waals surface area contributed by atoms with Crippen LogP contribution in [0.15, 0.2) is 47.4 Å². The summed E-state index contributed by atoms with van der Waals surface area (Å²) in [5.41, 5.74) is 4.86. The summed E-state index contributed by atoms with van der Waals surface area (Å²) < 4.78 is 7.47. The van der Waals surface area contributed by atoms with Gasteiger partial charge in [-0.3, -0.25) is 4.79 Å². The second-order valence-corrected chi connectivity index (χ2v) is 11.3. The predicted octanol–water partition coefficient (Wildman–Crippen LogP) is 11.9. The fraction of sp³-hybridized carbons (Fsp3) is 0.583. The number of carbonyl (C=O) groups is 1. The maximum atomic E-state index is 13.4. The van der Waals surface area contributed by atoms with E-state index < -0.39 is 0 Å². The van der Waals surface area contributed by atoms with Crippen molar-refractivity contribution in [3.8, 4) is 0 Å². The molecule has 3 rings (SSSR count). The van der Waals surface area contributed by atoms with E-state index in [1.807, 2.05) is 38.1 Å². The molecule has 2 aromatic heterocycles. The lowest BCUT2D eigenvalue weighted by Crippen LogP contribution is -2.12. The van der Waals surface area contributed by atoms with E-state index in [2.05, 4.69) is 77.5 Å². The van der Waals surface area contributed by atoms with E-state index in [0.717, 1.165) is 66.0 Å². The van der Waals surface area contributed by atoms with Gasteiger partial charge in [0.1, 0.15) is 4.83 Å². The van der Waals surface area contributed by atoms with Gasteiger partial charge in [-0.05, 0) is 68.7 Å². The molecule has 0 bridgehead atoms. The molecule has 0 spiro atoms. The first-order valence-corrected chi connectivity index (χ1v) is 16.6. The fourth-order valence-corrected chi connectivity index (χ4v) is 4.83. The molecule has 4 heteroatoms. The number of carbonyl (C=O) groups excluding carboxylic acids is 1. The van der Waals surface area contributed by atoms with Gasteiger partial charge in [-0.25, -0.2) is 0 Å². The van der Waals surface area contributed by atoms with Crippen LogP contribution in [0.25, 0.3) is 15.8 Å². The van der Waals surface area contributed by atoms with Crippen LogP contribution >= 0.6 is 11.3 Å². The van der Waals surface area contributed by atoms with Crippen LogP contribution in [0, 0.1) is 6.92 Å². The monoisotopic (exact) mass is 569 g/mol. The van der Waals surface area contributed by atoms with Crippen LogP contribution in [0.2, 0.25) is 0 Å². The van der Waals surface area contributed by atoms with Gasteiger partial charge in [0, 0.05) is 30.7 Å². The molecule has 1 aromatic carbocycles. The van der Waals surface area contributed by atoms with Crippen LogP contribution in [0.3, 0.4) is 0 Å². The Bertz CT molecular complexity index is 1080. The van der Waals surface area contributed by atoms with Crippen molar-refractivity contribution < 1.29 is 9.53 Å². The zero-order valence-electron chi connectivity index (χ0n) is 27.5. The van der Waals surface area contributed by atoms with E-state index in [0.29, 0.717) is 0 Å². The lowest BCUT2D eigenvalue weighted by atomic mass is 9.92. The predicted molar refractivity (Wildman–Crippen MR) is 181 cm³/mol. The number of hydrogen-bond donors (Lipinski definition) is 0. The third kappa shape index (κ3) is 13.5. The summed E-state index contributed by atoms with van der Waals surface area (Å²) in [5.74, 6) is 0.126. The van der Waals surface area contributed by atoms with Crippen molar-refractivity contribution in [3.05, 3.63) is 64.2 Å². The molecule has 0 atom stereocenters. The highest BCUT2D eigenvalue weighted by molar-refractivity contribution is 7.16. The van der Waals surface area contributed by atoms with Crippen molar-refractivity contribution >= 4 is 32.9 Å². The van der Waals surface area contributed by atoms with Crippen molar-refractivity contribution in [3.63, 3.8) is 0 Å². The summed E-state index contributed by atoms with van der Waals surface area (Å²) in [5, 5.41) is 3.25. The van der Waals surface area contributed by atoms with E-state index in [-0.39, 0.29) is 5.78 Å².